The van der Waals surface area contributed by atoms with Crippen LogP contribution >= 0.6 is 0 Å². The van der Waals surface area contributed by atoms with Crippen LogP contribution in [0.25, 0.3) is 5.65 Å². The SMILES string of the molecule is Cc1ccc2nc(NC(=O)c3ccc(C(C)(C)C)nc3)cn2n1. The van der Waals surface area contributed by atoms with Crippen molar-refractivity contribution in [3.8, 4) is 0 Å². The molecule has 6 heteroatoms. The Kier molecular flexibility index (Phi) is 3.60. The Morgan fingerprint density at radius 1 is 1.17 bits per heavy atom. The number of aryl methyl sites for hydroxylation is 1. The van der Waals surface area contributed by atoms with Gasteiger partial charge in [0.1, 0.15) is 0 Å². The third-order valence-corrected chi connectivity index (χ3v) is 3.49. The zero-order valence-corrected chi connectivity index (χ0v) is 13.7. The Balaban J connectivity index is 1.80. The van der Waals surface area contributed by atoms with E-state index in [1.807, 2.05) is 25.1 Å². The van der Waals surface area contributed by atoms with Gasteiger partial charge in [0, 0.05) is 17.3 Å². The highest BCUT2D eigenvalue weighted by Gasteiger charge is 2.16. The molecule has 3 aromatic heterocycles. The largest absolute Gasteiger partial charge is 0.305 e. The van der Waals surface area contributed by atoms with Crippen LogP contribution in [0.2, 0.25) is 0 Å². The van der Waals surface area contributed by atoms with Gasteiger partial charge in [-0.2, -0.15) is 5.10 Å². The van der Waals surface area contributed by atoms with Gasteiger partial charge >= 0.3 is 0 Å². The summed E-state index contributed by atoms with van der Waals surface area (Å²) in [6.45, 7) is 8.16. The van der Waals surface area contributed by atoms with E-state index in [4.69, 9.17) is 0 Å². The van der Waals surface area contributed by atoms with Crippen molar-refractivity contribution in [2.45, 2.75) is 33.1 Å². The second-order valence-electron chi connectivity index (χ2n) is 6.54. The summed E-state index contributed by atoms with van der Waals surface area (Å²) in [5, 5.41) is 7.08. The molecule has 0 saturated carbocycles. The zero-order valence-electron chi connectivity index (χ0n) is 13.7. The van der Waals surface area contributed by atoms with Gasteiger partial charge in [0.15, 0.2) is 11.5 Å². The zero-order chi connectivity index (χ0) is 16.6. The molecule has 1 N–H and O–H groups in total. The predicted octanol–water partition coefficient (Wildman–Crippen LogP) is 2.98. The van der Waals surface area contributed by atoms with E-state index >= 15 is 0 Å². The molecule has 0 saturated heterocycles. The number of amides is 1. The molecule has 0 bridgehead atoms. The first-order valence-corrected chi connectivity index (χ1v) is 7.44. The van der Waals surface area contributed by atoms with Crippen LogP contribution < -0.4 is 5.32 Å². The lowest BCUT2D eigenvalue weighted by Gasteiger charge is -2.17. The molecule has 0 aromatic carbocycles. The standard InChI is InChI=1S/C17H19N5O/c1-11-5-8-15-19-14(10-22(15)21-11)20-16(23)12-6-7-13(18-9-12)17(2,3)4/h5-10H,1-4H3,(H,20,23). The van der Waals surface area contributed by atoms with E-state index in [-0.39, 0.29) is 11.3 Å². The molecule has 0 unspecified atom stereocenters. The molecule has 0 aliphatic heterocycles. The van der Waals surface area contributed by atoms with E-state index in [1.165, 1.54) is 0 Å². The molecule has 0 fully saturated rings. The van der Waals surface area contributed by atoms with E-state index in [9.17, 15) is 4.79 Å². The van der Waals surface area contributed by atoms with Gasteiger partial charge in [-0.1, -0.05) is 20.8 Å². The average molecular weight is 309 g/mol. The van der Waals surface area contributed by atoms with Gasteiger partial charge in [0.2, 0.25) is 0 Å². The number of pyridine rings is 1. The van der Waals surface area contributed by atoms with Crippen molar-refractivity contribution in [1.29, 1.82) is 0 Å². The molecular formula is C17H19N5O. The maximum atomic E-state index is 12.3. The van der Waals surface area contributed by atoms with Crippen molar-refractivity contribution in [3.05, 3.63) is 53.6 Å². The van der Waals surface area contributed by atoms with Crippen molar-refractivity contribution >= 4 is 17.4 Å². The Morgan fingerprint density at radius 2 is 1.96 bits per heavy atom. The third kappa shape index (κ3) is 3.21. The number of nitrogens with zero attached hydrogens (tertiary/aromatic N) is 4. The number of anilines is 1. The number of rotatable bonds is 2. The molecule has 0 radical (unpaired) electrons. The highest BCUT2D eigenvalue weighted by molar-refractivity contribution is 6.03. The normalized spacial score (nSPS) is 11.7. The van der Waals surface area contributed by atoms with Crippen LogP contribution in [0.15, 0.2) is 36.7 Å². The first kappa shape index (κ1) is 15.1. The molecule has 0 aliphatic rings. The van der Waals surface area contributed by atoms with Crippen molar-refractivity contribution in [2.75, 3.05) is 5.32 Å². The quantitative estimate of drug-likeness (QED) is 0.790. The summed E-state index contributed by atoms with van der Waals surface area (Å²) in [7, 11) is 0. The number of imidazole rings is 1. The van der Waals surface area contributed by atoms with Crippen molar-refractivity contribution < 1.29 is 4.79 Å². The molecule has 0 aliphatic carbocycles. The molecule has 23 heavy (non-hydrogen) atoms. The lowest BCUT2D eigenvalue weighted by molar-refractivity contribution is 0.102. The molecule has 6 nitrogen and oxygen atoms in total. The molecule has 3 heterocycles. The van der Waals surface area contributed by atoms with Crippen LogP contribution in [0.4, 0.5) is 5.82 Å². The summed E-state index contributed by atoms with van der Waals surface area (Å²) in [6.07, 6.45) is 3.28. The van der Waals surface area contributed by atoms with Crippen LogP contribution in [0, 0.1) is 6.92 Å². The van der Waals surface area contributed by atoms with Gasteiger partial charge < -0.3 is 5.32 Å². The maximum absolute atomic E-state index is 12.3. The minimum absolute atomic E-state index is 0.0415. The highest BCUT2D eigenvalue weighted by Crippen LogP contribution is 2.20. The third-order valence-electron chi connectivity index (χ3n) is 3.49. The number of nitrogens with one attached hydrogen (secondary N) is 1. The fourth-order valence-corrected chi connectivity index (χ4v) is 2.20. The molecule has 0 atom stereocenters. The fraction of sp³-hybridized carbons (Fsp3) is 0.294. The predicted molar refractivity (Wildman–Crippen MR) is 88.6 cm³/mol. The second-order valence-corrected chi connectivity index (χ2v) is 6.54. The van der Waals surface area contributed by atoms with Crippen molar-refractivity contribution in [2.24, 2.45) is 0 Å². The summed E-state index contributed by atoms with van der Waals surface area (Å²) in [5.74, 6) is 0.228. The highest BCUT2D eigenvalue weighted by atomic mass is 16.1. The number of hydrogen-bond acceptors (Lipinski definition) is 4. The first-order chi connectivity index (χ1) is 10.8. The first-order valence-electron chi connectivity index (χ1n) is 7.44. The molecule has 3 aromatic rings. The van der Waals surface area contributed by atoms with E-state index < -0.39 is 0 Å². The van der Waals surface area contributed by atoms with Gasteiger partial charge in [-0.25, -0.2) is 9.50 Å². The number of hydrogen-bond donors (Lipinski definition) is 1. The van der Waals surface area contributed by atoms with Crippen LogP contribution in [0.5, 0.6) is 0 Å². The number of fused-ring (bicyclic) bond motifs is 1. The fourth-order valence-electron chi connectivity index (χ4n) is 2.20. The van der Waals surface area contributed by atoms with Crippen LogP contribution in [-0.2, 0) is 5.41 Å². The summed E-state index contributed by atoms with van der Waals surface area (Å²) in [4.78, 5) is 21.0. The van der Waals surface area contributed by atoms with E-state index in [2.05, 4.69) is 41.2 Å². The molecular weight excluding hydrogens is 290 g/mol. The van der Waals surface area contributed by atoms with Crippen molar-refractivity contribution in [1.82, 2.24) is 19.6 Å². The lowest BCUT2D eigenvalue weighted by atomic mass is 9.91. The molecule has 0 spiro atoms. The molecule has 3 rings (SSSR count). The summed E-state index contributed by atoms with van der Waals surface area (Å²) >= 11 is 0. The summed E-state index contributed by atoms with van der Waals surface area (Å²) in [6, 6.07) is 7.39. The molecule has 1 amide bonds. The minimum Gasteiger partial charge on any atom is -0.305 e. The Hall–Kier alpha value is -2.76. The lowest BCUT2D eigenvalue weighted by Crippen LogP contribution is -2.16. The van der Waals surface area contributed by atoms with E-state index in [0.29, 0.717) is 17.0 Å². The van der Waals surface area contributed by atoms with E-state index in [1.54, 1.807) is 23.0 Å². The summed E-state index contributed by atoms with van der Waals surface area (Å²) < 4.78 is 1.64. The van der Waals surface area contributed by atoms with Gasteiger partial charge in [-0.05, 0) is 31.2 Å². The molecule has 118 valence electrons. The van der Waals surface area contributed by atoms with Crippen LogP contribution in [-0.4, -0.2) is 25.5 Å². The van der Waals surface area contributed by atoms with Gasteiger partial charge in [-0.15, -0.1) is 0 Å². The van der Waals surface area contributed by atoms with Gasteiger partial charge in [0.25, 0.3) is 5.91 Å². The Labute approximate surface area is 134 Å². The van der Waals surface area contributed by atoms with Gasteiger partial charge in [0.05, 0.1) is 17.5 Å². The van der Waals surface area contributed by atoms with Gasteiger partial charge in [-0.3, -0.25) is 9.78 Å². The number of carbonyl (C=O) groups is 1. The second kappa shape index (κ2) is 5.46. The van der Waals surface area contributed by atoms with Crippen LogP contribution in [0.3, 0.4) is 0 Å². The summed E-state index contributed by atoms with van der Waals surface area (Å²) in [5.41, 5.74) is 2.97. The monoisotopic (exact) mass is 309 g/mol. The maximum Gasteiger partial charge on any atom is 0.258 e. The van der Waals surface area contributed by atoms with Crippen molar-refractivity contribution in [3.63, 3.8) is 0 Å². The average Bonchev–Trinajstić information content (AvgIpc) is 2.87. The van der Waals surface area contributed by atoms with E-state index in [0.717, 1.165) is 11.4 Å². The smallest absolute Gasteiger partial charge is 0.258 e. The van der Waals surface area contributed by atoms with Crippen LogP contribution in [0.1, 0.15) is 42.5 Å². The minimum atomic E-state index is -0.238. The topological polar surface area (TPSA) is 72.2 Å². The number of aromatic nitrogens is 4. The Bertz CT molecular complexity index is 859. The number of carbonyl (C=O) groups excluding carboxylic acids is 1. The Morgan fingerprint density at radius 3 is 2.61 bits per heavy atom.